The van der Waals surface area contributed by atoms with Crippen LogP contribution < -0.4 is 14.4 Å². The van der Waals surface area contributed by atoms with Crippen LogP contribution in [-0.4, -0.2) is 28.0 Å². The molecule has 1 heterocycles. The minimum absolute atomic E-state index is 0.0449. The Hall–Kier alpha value is -2.25. The fourth-order valence-corrected chi connectivity index (χ4v) is 4.19. The molecule has 0 unspecified atom stereocenters. The summed E-state index contributed by atoms with van der Waals surface area (Å²) in [6.45, 7) is 2.28. The Bertz CT molecular complexity index is 960. The molecule has 1 amide bonds. The molecule has 0 spiro atoms. The van der Waals surface area contributed by atoms with Crippen molar-refractivity contribution in [2.24, 2.45) is 0 Å². The summed E-state index contributed by atoms with van der Waals surface area (Å²) in [7, 11) is -2.36. The number of hydrogen-bond acceptors (Lipinski definition) is 4. The molecule has 0 saturated carbocycles. The first-order chi connectivity index (χ1) is 12.3. The number of nitrogens with zero attached hydrogens (tertiary/aromatic N) is 1. The first-order valence-electron chi connectivity index (χ1n) is 8.10. The summed E-state index contributed by atoms with van der Waals surface area (Å²) in [6.07, 6.45) is 1.18. The number of hydrogen-bond donors (Lipinski definition) is 1. The van der Waals surface area contributed by atoms with Crippen LogP contribution in [0.25, 0.3) is 0 Å². The topological polar surface area (TPSA) is 75.7 Å². The quantitative estimate of drug-likeness (QED) is 0.840. The number of halogens is 1. The van der Waals surface area contributed by atoms with Crippen molar-refractivity contribution in [3.05, 3.63) is 47.0 Å². The molecular weight excluding hydrogens is 376 g/mol. The molecule has 138 valence electrons. The Morgan fingerprint density at radius 2 is 2.00 bits per heavy atom. The zero-order chi connectivity index (χ0) is 18.9. The summed E-state index contributed by atoms with van der Waals surface area (Å²) < 4.78 is 33.5. The van der Waals surface area contributed by atoms with Gasteiger partial charge in [0.25, 0.3) is 10.0 Å². The van der Waals surface area contributed by atoms with Gasteiger partial charge < -0.3 is 9.64 Å². The lowest BCUT2D eigenvalue weighted by Crippen LogP contribution is -2.25. The SMILES string of the molecule is COc1ccc(S(=O)(=O)Nc2cccc(Cl)c2C)cc1N1CCCC1=O. The van der Waals surface area contributed by atoms with E-state index in [1.807, 2.05) is 0 Å². The number of nitrogens with one attached hydrogen (secondary N) is 1. The lowest BCUT2D eigenvalue weighted by Gasteiger charge is -2.20. The zero-order valence-corrected chi connectivity index (χ0v) is 16.0. The van der Waals surface area contributed by atoms with Crippen LogP contribution in [0.15, 0.2) is 41.3 Å². The molecule has 6 nitrogen and oxygen atoms in total. The van der Waals surface area contributed by atoms with Crippen molar-refractivity contribution in [3.8, 4) is 5.75 Å². The van der Waals surface area contributed by atoms with Gasteiger partial charge in [0.2, 0.25) is 5.91 Å². The number of rotatable bonds is 5. The van der Waals surface area contributed by atoms with E-state index in [9.17, 15) is 13.2 Å². The Morgan fingerprint density at radius 3 is 2.65 bits per heavy atom. The number of amides is 1. The molecule has 1 aliphatic heterocycles. The molecule has 0 aromatic heterocycles. The van der Waals surface area contributed by atoms with Crippen LogP contribution in [-0.2, 0) is 14.8 Å². The predicted octanol–water partition coefficient (Wildman–Crippen LogP) is 3.58. The van der Waals surface area contributed by atoms with Gasteiger partial charge in [-0.25, -0.2) is 8.42 Å². The highest BCUT2D eigenvalue weighted by Gasteiger charge is 2.26. The van der Waals surface area contributed by atoms with Crippen LogP contribution in [0.4, 0.5) is 11.4 Å². The van der Waals surface area contributed by atoms with Crippen molar-refractivity contribution in [2.75, 3.05) is 23.3 Å². The highest BCUT2D eigenvalue weighted by Crippen LogP contribution is 2.34. The highest BCUT2D eigenvalue weighted by atomic mass is 35.5. The van der Waals surface area contributed by atoms with Crippen LogP contribution in [0.2, 0.25) is 5.02 Å². The Morgan fingerprint density at radius 1 is 1.23 bits per heavy atom. The summed E-state index contributed by atoms with van der Waals surface area (Å²) in [6, 6.07) is 9.48. The van der Waals surface area contributed by atoms with Gasteiger partial charge in [0, 0.05) is 18.0 Å². The summed E-state index contributed by atoms with van der Waals surface area (Å²) in [5, 5.41) is 0.475. The van der Waals surface area contributed by atoms with Gasteiger partial charge >= 0.3 is 0 Å². The van der Waals surface area contributed by atoms with Crippen LogP contribution in [0, 0.1) is 6.92 Å². The maximum Gasteiger partial charge on any atom is 0.261 e. The fraction of sp³-hybridized carbons (Fsp3) is 0.278. The second-order valence-corrected chi connectivity index (χ2v) is 8.09. The van der Waals surface area contributed by atoms with Gasteiger partial charge in [-0.3, -0.25) is 9.52 Å². The third-order valence-corrected chi connectivity index (χ3v) is 6.11. The number of anilines is 2. The summed E-state index contributed by atoms with van der Waals surface area (Å²) in [5.41, 5.74) is 1.51. The molecule has 26 heavy (non-hydrogen) atoms. The molecule has 0 aliphatic carbocycles. The predicted molar refractivity (Wildman–Crippen MR) is 102 cm³/mol. The van der Waals surface area contributed by atoms with Gasteiger partial charge in [0.1, 0.15) is 5.75 Å². The summed E-state index contributed by atoms with van der Waals surface area (Å²) in [5.74, 6) is 0.412. The molecule has 1 saturated heterocycles. The molecule has 0 bridgehead atoms. The van der Waals surface area contributed by atoms with E-state index in [4.69, 9.17) is 16.3 Å². The van der Waals surface area contributed by atoms with E-state index in [0.717, 1.165) is 6.42 Å². The van der Waals surface area contributed by atoms with Crippen molar-refractivity contribution in [2.45, 2.75) is 24.7 Å². The van der Waals surface area contributed by atoms with Crippen LogP contribution in [0.3, 0.4) is 0 Å². The van der Waals surface area contributed by atoms with Crippen LogP contribution >= 0.6 is 11.6 Å². The highest BCUT2D eigenvalue weighted by molar-refractivity contribution is 7.92. The third-order valence-electron chi connectivity index (χ3n) is 4.34. The minimum atomic E-state index is -3.85. The maximum atomic E-state index is 12.8. The number of sulfonamides is 1. The lowest BCUT2D eigenvalue weighted by molar-refractivity contribution is -0.117. The number of benzene rings is 2. The molecule has 2 aromatic rings. The zero-order valence-electron chi connectivity index (χ0n) is 14.5. The molecule has 3 rings (SSSR count). The Labute approximate surface area is 157 Å². The first kappa shape index (κ1) is 18.5. The van der Waals surface area contributed by atoms with Crippen molar-refractivity contribution in [1.82, 2.24) is 0 Å². The average molecular weight is 395 g/mol. The lowest BCUT2D eigenvalue weighted by atomic mass is 10.2. The largest absolute Gasteiger partial charge is 0.495 e. The van der Waals surface area contributed by atoms with E-state index in [2.05, 4.69) is 4.72 Å². The fourth-order valence-electron chi connectivity index (χ4n) is 2.87. The van der Waals surface area contributed by atoms with Gasteiger partial charge in [-0.1, -0.05) is 17.7 Å². The van der Waals surface area contributed by atoms with Gasteiger partial charge in [-0.05, 0) is 49.2 Å². The van der Waals surface area contributed by atoms with Gasteiger partial charge in [0.15, 0.2) is 0 Å². The molecule has 0 radical (unpaired) electrons. The first-order valence-corrected chi connectivity index (χ1v) is 9.96. The molecule has 2 aromatic carbocycles. The van der Waals surface area contributed by atoms with Gasteiger partial charge in [0.05, 0.1) is 23.4 Å². The third kappa shape index (κ3) is 3.50. The van der Waals surface area contributed by atoms with Crippen molar-refractivity contribution < 1.29 is 17.9 Å². The number of carbonyl (C=O) groups excluding carboxylic acids is 1. The normalized spacial score (nSPS) is 14.6. The van der Waals surface area contributed by atoms with Gasteiger partial charge in [-0.15, -0.1) is 0 Å². The van der Waals surface area contributed by atoms with Crippen molar-refractivity contribution in [1.29, 1.82) is 0 Å². The van der Waals surface area contributed by atoms with Crippen LogP contribution in [0.5, 0.6) is 5.75 Å². The average Bonchev–Trinajstić information content (AvgIpc) is 3.04. The van der Waals surface area contributed by atoms with E-state index < -0.39 is 10.0 Å². The van der Waals surface area contributed by atoms with Crippen LogP contribution in [0.1, 0.15) is 18.4 Å². The molecule has 0 atom stereocenters. The van der Waals surface area contributed by atoms with E-state index in [-0.39, 0.29) is 10.8 Å². The number of carbonyl (C=O) groups is 1. The molecular formula is C18H19ClN2O4S. The summed E-state index contributed by atoms with van der Waals surface area (Å²) >= 11 is 6.06. The van der Waals surface area contributed by atoms with E-state index >= 15 is 0 Å². The molecule has 1 aliphatic rings. The summed E-state index contributed by atoms with van der Waals surface area (Å²) in [4.78, 5) is 13.7. The van der Waals surface area contributed by atoms with Crippen molar-refractivity contribution >= 4 is 38.9 Å². The minimum Gasteiger partial charge on any atom is -0.495 e. The smallest absolute Gasteiger partial charge is 0.261 e. The van der Waals surface area contributed by atoms with Crippen molar-refractivity contribution in [3.63, 3.8) is 0 Å². The Balaban J connectivity index is 2.00. The molecule has 1 N–H and O–H groups in total. The maximum absolute atomic E-state index is 12.8. The Kier molecular flexibility index (Phi) is 5.11. The standard InChI is InChI=1S/C18H19ClN2O4S/c1-12-14(19)5-3-6-15(12)20-26(23,24)13-8-9-17(25-2)16(11-13)21-10-4-7-18(21)22/h3,5-6,8-9,11,20H,4,7,10H2,1-2H3. The number of methoxy groups -OCH3 is 1. The molecule has 8 heteroatoms. The second kappa shape index (κ2) is 7.17. The van der Waals surface area contributed by atoms with Gasteiger partial charge in [-0.2, -0.15) is 0 Å². The van der Waals surface area contributed by atoms with E-state index in [0.29, 0.717) is 40.7 Å². The number of ether oxygens (including phenoxy) is 1. The monoisotopic (exact) mass is 394 g/mol. The second-order valence-electron chi connectivity index (χ2n) is 6.00. The molecule has 1 fully saturated rings. The van der Waals surface area contributed by atoms with E-state index in [1.165, 1.54) is 19.2 Å². The van der Waals surface area contributed by atoms with E-state index in [1.54, 1.807) is 36.1 Å².